The summed E-state index contributed by atoms with van der Waals surface area (Å²) in [7, 11) is 0. The summed E-state index contributed by atoms with van der Waals surface area (Å²) in [6.07, 6.45) is 0.877. The Morgan fingerprint density at radius 1 is 1.35 bits per heavy atom. The number of nitrogens with zero attached hydrogens (tertiary/aromatic N) is 1. The second-order valence-corrected chi connectivity index (χ2v) is 5.26. The van der Waals surface area contributed by atoms with E-state index in [4.69, 9.17) is 9.57 Å². The Hall–Kier alpha value is -1.30. The van der Waals surface area contributed by atoms with Crippen molar-refractivity contribution < 1.29 is 19.5 Å². The van der Waals surface area contributed by atoms with Crippen LogP contribution in [0.2, 0.25) is 0 Å². The van der Waals surface area contributed by atoms with Gasteiger partial charge in [0.15, 0.2) is 0 Å². The zero-order chi connectivity index (χ0) is 13.5. The largest absolute Gasteiger partial charge is 0.444 e. The molecule has 0 radical (unpaired) electrons. The molecule has 2 N–H and O–H groups in total. The number of hydrogen-bond donors (Lipinski definition) is 2. The van der Waals surface area contributed by atoms with Gasteiger partial charge in [0, 0.05) is 0 Å². The number of rotatable bonds is 5. The van der Waals surface area contributed by atoms with Gasteiger partial charge in [0.1, 0.15) is 12.2 Å². The second kappa shape index (κ2) is 6.44. The van der Waals surface area contributed by atoms with E-state index in [0.29, 0.717) is 0 Å². The van der Waals surface area contributed by atoms with Gasteiger partial charge < -0.3 is 20.0 Å². The van der Waals surface area contributed by atoms with Crippen LogP contribution in [0, 0.1) is 0 Å². The van der Waals surface area contributed by atoms with Gasteiger partial charge in [-0.2, -0.15) is 0 Å². The molecule has 0 heterocycles. The number of alkyl carbamates (subject to hydrolysis) is 1. The van der Waals surface area contributed by atoms with Crippen molar-refractivity contribution in [2.24, 2.45) is 5.16 Å². The first-order valence-electron chi connectivity index (χ1n) is 5.43. The third-order valence-corrected chi connectivity index (χ3v) is 1.30. The summed E-state index contributed by atoms with van der Waals surface area (Å²) < 4.78 is 5.01. The fourth-order valence-electron chi connectivity index (χ4n) is 0.728. The van der Waals surface area contributed by atoms with Crippen LogP contribution in [0.5, 0.6) is 0 Å². The fourth-order valence-corrected chi connectivity index (χ4v) is 0.728. The van der Waals surface area contributed by atoms with Crippen molar-refractivity contribution in [1.29, 1.82) is 0 Å². The van der Waals surface area contributed by atoms with E-state index in [0.717, 1.165) is 0 Å². The Morgan fingerprint density at radius 2 is 1.94 bits per heavy atom. The average molecular weight is 246 g/mol. The molecule has 0 aromatic heterocycles. The van der Waals surface area contributed by atoms with Crippen LogP contribution in [0.15, 0.2) is 5.16 Å². The van der Waals surface area contributed by atoms with E-state index >= 15 is 0 Å². The molecule has 0 aromatic carbocycles. The summed E-state index contributed by atoms with van der Waals surface area (Å²) in [5.74, 6) is 0. The molecule has 0 aliphatic rings. The fraction of sp³-hybridized carbons (Fsp3) is 0.818. The van der Waals surface area contributed by atoms with Crippen LogP contribution in [0.1, 0.15) is 34.6 Å². The molecule has 0 spiro atoms. The van der Waals surface area contributed by atoms with Gasteiger partial charge >= 0.3 is 6.09 Å². The first-order valence-corrected chi connectivity index (χ1v) is 5.43. The van der Waals surface area contributed by atoms with Gasteiger partial charge in [0.2, 0.25) is 0 Å². The van der Waals surface area contributed by atoms with Gasteiger partial charge in [-0.05, 0) is 34.6 Å². The van der Waals surface area contributed by atoms with E-state index in [9.17, 15) is 9.90 Å². The van der Waals surface area contributed by atoms with Gasteiger partial charge in [-0.1, -0.05) is 5.16 Å². The number of ether oxygens (including phenoxy) is 1. The molecule has 0 atom stereocenters. The van der Waals surface area contributed by atoms with Crippen LogP contribution in [0.4, 0.5) is 4.79 Å². The Balaban J connectivity index is 3.64. The third kappa shape index (κ3) is 12.6. The lowest BCUT2D eigenvalue weighted by Crippen LogP contribution is -2.33. The molecule has 6 nitrogen and oxygen atoms in total. The quantitative estimate of drug-likeness (QED) is 0.565. The van der Waals surface area contributed by atoms with Gasteiger partial charge in [-0.3, -0.25) is 0 Å². The summed E-state index contributed by atoms with van der Waals surface area (Å²) in [6.45, 7) is 8.88. The molecule has 0 fully saturated rings. The Morgan fingerprint density at radius 3 is 2.41 bits per heavy atom. The average Bonchev–Trinajstić information content (AvgIpc) is 2.06. The molecule has 0 bridgehead atoms. The molecule has 17 heavy (non-hydrogen) atoms. The van der Waals surface area contributed by atoms with Crippen LogP contribution < -0.4 is 5.32 Å². The summed E-state index contributed by atoms with van der Waals surface area (Å²) >= 11 is 0. The smallest absolute Gasteiger partial charge is 0.407 e. The molecule has 0 saturated carbocycles. The first-order chi connectivity index (χ1) is 7.60. The lowest BCUT2D eigenvalue weighted by molar-refractivity contribution is -0.0187. The lowest BCUT2D eigenvalue weighted by Gasteiger charge is -2.19. The van der Waals surface area contributed by atoms with E-state index in [1.165, 1.54) is 6.21 Å². The van der Waals surface area contributed by atoms with Crippen molar-refractivity contribution in [3.8, 4) is 0 Å². The van der Waals surface area contributed by atoms with Crippen LogP contribution in [-0.4, -0.2) is 41.8 Å². The van der Waals surface area contributed by atoms with Crippen LogP contribution in [0.25, 0.3) is 0 Å². The molecule has 0 aliphatic heterocycles. The first kappa shape index (κ1) is 15.7. The van der Waals surface area contributed by atoms with Crippen LogP contribution in [-0.2, 0) is 9.57 Å². The van der Waals surface area contributed by atoms with E-state index in [-0.39, 0.29) is 13.2 Å². The molecule has 100 valence electrons. The van der Waals surface area contributed by atoms with E-state index < -0.39 is 17.3 Å². The minimum absolute atomic E-state index is 0.0932. The van der Waals surface area contributed by atoms with Crippen LogP contribution >= 0.6 is 0 Å². The standard InChI is InChI=1S/C11H22N2O4/c1-10(2,3)17-9(14)12-6-7-13-16-8-11(4,5)15/h7,15H,6,8H2,1-5H3,(H,12,14)/b13-7+. The Labute approximate surface area is 102 Å². The van der Waals surface area contributed by atoms with E-state index in [2.05, 4.69) is 10.5 Å². The van der Waals surface area contributed by atoms with Gasteiger partial charge in [0.05, 0.1) is 18.4 Å². The van der Waals surface area contributed by atoms with Crippen molar-refractivity contribution in [2.75, 3.05) is 13.2 Å². The topological polar surface area (TPSA) is 80.2 Å². The Bertz CT molecular complexity index is 264. The maximum atomic E-state index is 11.2. The number of carbonyl (C=O) groups is 1. The predicted molar refractivity (Wildman–Crippen MR) is 65.0 cm³/mol. The number of aliphatic hydroxyl groups is 1. The highest BCUT2D eigenvalue weighted by Crippen LogP contribution is 2.05. The molecule has 0 saturated heterocycles. The number of carbonyl (C=O) groups excluding carboxylic acids is 1. The summed E-state index contributed by atoms with van der Waals surface area (Å²) in [5.41, 5.74) is -1.44. The number of nitrogens with one attached hydrogen (secondary N) is 1. The SMILES string of the molecule is CC(C)(O)CO/N=C/CNC(=O)OC(C)(C)C. The molecule has 6 heteroatoms. The maximum absolute atomic E-state index is 11.2. The minimum atomic E-state index is -0.921. The van der Waals surface area contributed by atoms with Crippen molar-refractivity contribution in [2.45, 2.75) is 45.8 Å². The van der Waals surface area contributed by atoms with Crippen molar-refractivity contribution >= 4 is 12.3 Å². The number of hydrogen-bond acceptors (Lipinski definition) is 5. The summed E-state index contributed by atoms with van der Waals surface area (Å²) in [5, 5.41) is 15.4. The highest BCUT2D eigenvalue weighted by Gasteiger charge is 2.15. The maximum Gasteiger partial charge on any atom is 0.407 e. The Kier molecular flexibility index (Phi) is 5.95. The molecule has 0 aliphatic carbocycles. The molecule has 0 aromatic rings. The molecule has 0 rings (SSSR count). The number of amides is 1. The van der Waals surface area contributed by atoms with Gasteiger partial charge in [0.25, 0.3) is 0 Å². The van der Waals surface area contributed by atoms with Gasteiger partial charge in [-0.15, -0.1) is 0 Å². The minimum Gasteiger partial charge on any atom is -0.444 e. The monoisotopic (exact) mass is 246 g/mol. The predicted octanol–water partition coefficient (Wildman–Crippen LogP) is 1.28. The number of oxime groups is 1. The van der Waals surface area contributed by atoms with Crippen LogP contribution in [0.3, 0.4) is 0 Å². The normalized spacial score (nSPS) is 12.6. The zero-order valence-corrected chi connectivity index (χ0v) is 11.1. The zero-order valence-electron chi connectivity index (χ0n) is 11.1. The van der Waals surface area contributed by atoms with E-state index in [1.807, 2.05) is 0 Å². The third-order valence-electron chi connectivity index (χ3n) is 1.30. The van der Waals surface area contributed by atoms with E-state index in [1.54, 1.807) is 34.6 Å². The molecular formula is C11H22N2O4. The second-order valence-electron chi connectivity index (χ2n) is 5.26. The van der Waals surface area contributed by atoms with Crippen molar-refractivity contribution in [3.05, 3.63) is 0 Å². The molecule has 0 unspecified atom stereocenters. The molecular weight excluding hydrogens is 224 g/mol. The van der Waals surface area contributed by atoms with Crippen molar-refractivity contribution in [3.63, 3.8) is 0 Å². The lowest BCUT2D eigenvalue weighted by atomic mass is 10.2. The highest BCUT2D eigenvalue weighted by atomic mass is 16.6. The summed E-state index contributed by atoms with van der Waals surface area (Å²) in [4.78, 5) is 16.0. The van der Waals surface area contributed by atoms with Gasteiger partial charge in [-0.25, -0.2) is 4.79 Å². The highest BCUT2D eigenvalue weighted by molar-refractivity contribution is 5.72. The van der Waals surface area contributed by atoms with Crippen molar-refractivity contribution in [1.82, 2.24) is 5.32 Å². The molecule has 1 amide bonds. The summed E-state index contributed by atoms with van der Waals surface area (Å²) in [6, 6.07) is 0.